The number of ether oxygens (including phenoxy) is 1. The van der Waals surface area contributed by atoms with Crippen molar-refractivity contribution in [1.82, 2.24) is 5.32 Å². The van der Waals surface area contributed by atoms with Crippen LogP contribution in [0, 0.1) is 19.8 Å². The number of benzene rings is 1. The first-order chi connectivity index (χ1) is 8.74. The van der Waals surface area contributed by atoms with Gasteiger partial charge in [0, 0.05) is 12.5 Å². The van der Waals surface area contributed by atoms with Crippen LogP contribution in [0.4, 0.5) is 0 Å². The maximum Gasteiger partial charge on any atom is 0.125 e. The summed E-state index contributed by atoms with van der Waals surface area (Å²) in [6.45, 7) is 7.52. The van der Waals surface area contributed by atoms with Gasteiger partial charge < -0.3 is 10.1 Å². The van der Waals surface area contributed by atoms with Crippen LogP contribution < -0.4 is 10.1 Å². The molecule has 0 spiro atoms. The highest BCUT2D eigenvalue weighted by Gasteiger charge is 2.25. The second-order valence-corrected chi connectivity index (χ2v) is 5.94. The molecule has 0 bridgehead atoms. The minimum absolute atomic E-state index is 0.637. The van der Waals surface area contributed by atoms with Gasteiger partial charge in [-0.25, -0.2) is 0 Å². The molecule has 0 aromatic heterocycles. The lowest BCUT2D eigenvalue weighted by molar-refractivity contribution is 0.293. The van der Waals surface area contributed by atoms with Crippen molar-refractivity contribution in [3.63, 3.8) is 0 Å². The molecule has 2 fully saturated rings. The van der Waals surface area contributed by atoms with Crippen LogP contribution >= 0.6 is 0 Å². The zero-order valence-corrected chi connectivity index (χ0v) is 11.5. The normalized spacial score (nSPS) is 23.3. The molecule has 18 heavy (non-hydrogen) atoms. The molecular weight excluding hydrogens is 222 g/mol. The Kier molecular flexibility index (Phi) is 3.29. The number of hydrogen-bond acceptors (Lipinski definition) is 2. The molecule has 2 heteroatoms. The highest BCUT2D eigenvalue weighted by Crippen LogP contribution is 2.36. The maximum absolute atomic E-state index is 6.13. The number of aryl methyl sites for hydroxylation is 2. The van der Waals surface area contributed by atoms with Crippen LogP contribution in [0.5, 0.6) is 5.75 Å². The molecule has 98 valence electrons. The van der Waals surface area contributed by atoms with Gasteiger partial charge in [-0.3, -0.25) is 0 Å². The first-order valence-corrected chi connectivity index (χ1v) is 7.18. The van der Waals surface area contributed by atoms with Gasteiger partial charge in [-0.2, -0.15) is 0 Å². The van der Waals surface area contributed by atoms with E-state index in [1.54, 1.807) is 0 Å². The first-order valence-electron chi connectivity index (χ1n) is 7.18. The van der Waals surface area contributed by atoms with Crippen LogP contribution in [0.15, 0.2) is 12.1 Å². The predicted molar refractivity (Wildman–Crippen MR) is 74.4 cm³/mol. The highest BCUT2D eigenvalue weighted by atomic mass is 16.5. The molecule has 1 aliphatic carbocycles. The average Bonchev–Trinajstić information content (AvgIpc) is 3.00. The van der Waals surface area contributed by atoms with E-state index in [1.165, 1.54) is 41.7 Å². The molecule has 2 aliphatic rings. The highest BCUT2D eigenvalue weighted by molar-refractivity contribution is 5.46. The van der Waals surface area contributed by atoms with Gasteiger partial charge in [-0.05, 0) is 56.7 Å². The first kappa shape index (κ1) is 12.0. The van der Waals surface area contributed by atoms with Gasteiger partial charge in [0.15, 0.2) is 0 Å². The Labute approximate surface area is 110 Å². The van der Waals surface area contributed by atoms with Gasteiger partial charge in [-0.1, -0.05) is 17.7 Å². The van der Waals surface area contributed by atoms with Gasteiger partial charge in [0.2, 0.25) is 0 Å². The van der Waals surface area contributed by atoms with Crippen molar-refractivity contribution in [3.8, 4) is 5.75 Å². The van der Waals surface area contributed by atoms with E-state index in [-0.39, 0.29) is 0 Å². The van der Waals surface area contributed by atoms with Crippen LogP contribution in [-0.2, 0) is 0 Å². The molecule has 0 amide bonds. The van der Waals surface area contributed by atoms with Gasteiger partial charge in [0.05, 0.1) is 6.61 Å². The van der Waals surface area contributed by atoms with E-state index in [0.29, 0.717) is 5.92 Å². The third kappa shape index (κ3) is 2.54. The van der Waals surface area contributed by atoms with E-state index in [0.717, 1.165) is 25.6 Å². The van der Waals surface area contributed by atoms with Crippen LogP contribution in [-0.4, -0.2) is 19.7 Å². The van der Waals surface area contributed by atoms with E-state index in [4.69, 9.17) is 4.74 Å². The average molecular weight is 245 g/mol. The van der Waals surface area contributed by atoms with Crippen molar-refractivity contribution in [2.75, 3.05) is 19.7 Å². The molecule has 1 saturated heterocycles. The molecule has 1 aromatic rings. The summed E-state index contributed by atoms with van der Waals surface area (Å²) in [5.41, 5.74) is 4.09. The summed E-state index contributed by atoms with van der Waals surface area (Å²) in [6.07, 6.45) is 3.94. The van der Waals surface area contributed by atoms with Crippen LogP contribution in [0.1, 0.15) is 41.9 Å². The van der Waals surface area contributed by atoms with E-state index in [9.17, 15) is 0 Å². The summed E-state index contributed by atoms with van der Waals surface area (Å²) in [5.74, 6) is 2.62. The Morgan fingerprint density at radius 3 is 2.72 bits per heavy atom. The van der Waals surface area contributed by atoms with Crippen LogP contribution in [0.3, 0.4) is 0 Å². The molecule has 1 unspecified atom stereocenters. The smallest absolute Gasteiger partial charge is 0.125 e. The van der Waals surface area contributed by atoms with Gasteiger partial charge in [0.25, 0.3) is 0 Å². The van der Waals surface area contributed by atoms with Gasteiger partial charge in [0.1, 0.15) is 5.75 Å². The lowest BCUT2D eigenvalue weighted by Gasteiger charge is -2.19. The third-order valence-corrected chi connectivity index (χ3v) is 4.11. The van der Waals surface area contributed by atoms with Crippen LogP contribution in [0.25, 0.3) is 0 Å². The lowest BCUT2D eigenvalue weighted by atomic mass is 9.93. The van der Waals surface area contributed by atoms with Gasteiger partial charge >= 0.3 is 0 Å². The molecule has 1 N–H and O–H groups in total. The SMILES string of the molecule is Cc1cc(C)c(OCC2CC2)c(C2CCNC2)c1. The summed E-state index contributed by atoms with van der Waals surface area (Å²) in [6, 6.07) is 4.57. The van der Waals surface area contributed by atoms with E-state index >= 15 is 0 Å². The molecule has 1 atom stereocenters. The molecule has 0 radical (unpaired) electrons. The molecule has 1 saturated carbocycles. The zero-order valence-electron chi connectivity index (χ0n) is 11.5. The molecule has 3 rings (SSSR count). The standard InChI is InChI=1S/C16H23NO/c1-11-7-12(2)16(18-10-13-3-4-13)15(8-11)14-5-6-17-9-14/h7-8,13-14,17H,3-6,9-10H2,1-2H3. The summed E-state index contributed by atoms with van der Waals surface area (Å²) in [4.78, 5) is 0. The predicted octanol–water partition coefficient (Wildman–Crippen LogP) is 3.17. The summed E-state index contributed by atoms with van der Waals surface area (Å²) in [5, 5.41) is 3.46. The van der Waals surface area contributed by atoms with Crippen molar-refractivity contribution < 1.29 is 4.74 Å². The van der Waals surface area contributed by atoms with Gasteiger partial charge in [-0.15, -0.1) is 0 Å². The molecule has 1 heterocycles. The summed E-state index contributed by atoms with van der Waals surface area (Å²) < 4.78 is 6.13. The second-order valence-electron chi connectivity index (χ2n) is 5.94. The van der Waals surface area contributed by atoms with E-state index in [2.05, 4.69) is 31.3 Å². The second kappa shape index (κ2) is 4.93. The Balaban J connectivity index is 1.86. The third-order valence-electron chi connectivity index (χ3n) is 4.11. The minimum atomic E-state index is 0.637. The fraction of sp³-hybridized carbons (Fsp3) is 0.625. The molecule has 2 nitrogen and oxygen atoms in total. The molecule has 1 aromatic carbocycles. The van der Waals surface area contributed by atoms with E-state index < -0.39 is 0 Å². The maximum atomic E-state index is 6.13. The number of hydrogen-bond donors (Lipinski definition) is 1. The summed E-state index contributed by atoms with van der Waals surface area (Å²) >= 11 is 0. The Morgan fingerprint density at radius 2 is 2.06 bits per heavy atom. The monoisotopic (exact) mass is 245 g/mol. The van der Waals surface area contributed by atoms with Crippen LogP contribution in [0.2, 0.25) is 0 Å². The van der Waals surface area contributed by atoms with Crippen molar-refractivity contribution in [1.29, 1.82) is 0 Å². The zero-order chi connectivity index (χ0) is 12.5. The lowest BCUT2D eigenvalue weighted by Crippen LogP contribution is -2.11. The quantitative estimate of drug-likeness (QED) is 0.879. The van der Waals surface area contributed by atoms with Crippen molar-refractivity contribution >= 4 is 0 Å². The Bertz CT molecular complexity index is 431. The summed E-state index contributed by atoms with van der Waals surface area (Å²) in [7, 11) is 0. The van der Waals surface area contributed by atoms with Crippen molar-refractivity contribution in [2.45, 2.75) is 39.0 Å². The molecule has 1 aliphatic heterocycles. The number of nitrogens with one attached hydrogen (secondary N) is 1. The van der Waals surface area contributed by atoms with Crippen molar-refractivity contribution in [3.05, 3.63) is 28.8 Å². The fourth-order valence-corrected chi connectivity index (χ4v) is 2.89. The Hall–Kier alpha value is -1.02. The Morgan fingerprint density at radius 1 is 1.22 bits per heavy atom. The topological polar surface area (TPSA) is 21.3 Å². The fourth-order valence-electron chi connectivity index (χ4n) is 2.89. The molecular formula is C16H23NO. The largest absolute Gasteiger partial charge is 0.493 e. The van der Waals surface area contributed by atoms with Crippen molar-refractivity contribution in [2.24, 2.45) is 5.92 Å². The number of rotatable bonds is 4. The van der Waals surface area contributed by atoms with E-state index in [1.807, 2.05) is 0 Å². The minimum Gasteiger partial charge on any atom is -0.493 e.